The maximum Gasteiger partial charge on any atom is 0.301 e. The van der Waals surface area contributed by atoms with Crippen LogP contribution in [0.3, 0.4) is 0 Å². The van der Waals surface area contributed by atoms with Crippen molar-refractivity contribution in [2.24, 2.45) is 0 Å². The number of benzene rings is 2. The Morgan fingerprint density at radius 2 is 1.87 bits per heavy atom. The van der Waals surface area contributed by atoms with Crippen LogP contribution in [0.15, 0.2) is 67.0 Å². The number of nitrogens with one attached hydrogen (secondary N) is 1. The molecule has 0 spiro atoms. The van der Waals surface area contributed by atoms with Crippen molar-refractivity contribution in [1.82, 2.24) is 25.6 Å². The van der Waals surface area contributed by atoms with Crippen molar-refractivity contribution < 1.29 is 14.4 Å². The summed E-state index contributed by atoms with van der Waals surface area (Å²) in [6.07, 6.45) is 3.16. The van der Waals surface area contributed by atoms with Gasteiger partial charge in [-0.25, -0.2) is 10.4 Å². The predicted octanol–water partition coefficient (Wildman–Crippen LogP) is 2.95. The van der Waals surface area contributed by atoms with Crippen molar-refractivity contribution in [3.05, 3.63) is 67.0 Å². The van der Waals surface area contributed by atoms with E-state index in [1.54, 1.807) is 37.7 Å². The number of pyridine rings is 1. The third kappa shape index (κ3) is 4.09. The molecule has 2 aromatic carbocycles. The summed E-state index contributed by atoms with van der Waals surface area (Å²) >= 11 is 0. The number of rotatable bonds is 6. The summed E-state index contributed by atoms with van der Waals surface area (Å²) in [6, 6.07) is 16.6. The van der Waals surface area contributed by atoms with Gasteiger partial charge in [-0.05, 0) is 12.1 Å². The Morgan fingerprint density at radius 1 is 1.03 bits per heavy atom. The topological polar surface area (TPSA) is 102 Å². The van der Waals surface area contributed by atoms with Crippen molar-refractivity contribution in [3.8, 4) is 22.8 Å². The molecule has 0 unspecified atom stereocenters. The summed E-state index contributed by atoms with van der Waals surface area (Å²) in [5.41, 5.74) is 4.71. The van der Waals surface area contributed by atoms with E-state index < -0.39 is 0 Å². The Hall–Kier alpha value is -4.27. The molecule has 0 fully saturated rings. The zero-order chi connectivity index (χ0) is 20.9. The zero-order valence-corrected chi connectivity index (χ0v) is 16.3. The van der Waals surface area contributed by atoms with Gasteiger partial charge in [0.2, 0.25) is 5.91 Å². The van der Waals surface area contributed by atoms with E-state index in [1.165, 1.54) is 6.92 Å². The number of fused-ring (bicyclic) bond motifs is 1. The van der Waals surface area contributed by atoms with Crippen LogP contribution in [-0.4, -0.2) is 33.2 Å². The fourth-order valence-electron chi connectivity index (χ4n) is 2.77. The molecule has 2 aromatic heterocycles. The number of nitrogens with zero attached hydrogens (tertiary/aromatic N) is 5. The Balaban J connectivity index is 1.65. The number of hydrazine groups is 1. The number of hydrogen-bond donors (Lipinski definition) is 1. The zero-order valence-electron chi connectivity index (χ0n) is 16.3. The number of carbonyl (C=O) groups excluding carboxylic acids is 1. The molecule has 0 atom stereocenters. The standard InChI is InChI=1S/C21H18N6O3/c1-14(28)26-27(21-23-13-19(24-25-21)15-6-4-3-5-7-15)30-20-10-11-22-18-12-16(29-2)8-9-17(18)20/h3-13H,1-2H3,(H,26,28). The molecule has 0 aliphatic rings. The summed E-state index contributed by atoms with van der Waals surface area (Å²) in [5.74, 6) is 0.844. The molecule has 9 heteroatoms. The van der Waals surface area contributed by atoms with Gasteiger partial charge >= 0.3 is 5.95 Å². The molecule has 0 bridgehead atoms. The van der Waals surface area contributed by atoms with Crippen LogP contribution < -0.4 is 20.2 Å². The molecule has 0 aliphatic heterocycles. The fraction of sp³-hybridized carbons (Fsp3) is 0.0952. The number of methoxy groups -OCH3 is 1. The normalized spacial score (nSPS) is 10.5. The molecule has 9 nitrogen and oxygen atoms in total. The third-order valence-electron chi connectivity index (χ3n) is 4.16. The SMILES string of the molecule is COc1ccc2c(ON(NC(C)=O)c3ncc(-c4ccccc4)nn3)ccnc2c1. The second kappa shape index (κ2) is 8.39. The number of ether oxygens (including phenoxy) is 1. The van der Waals surface area contributed by atoms with E-state index in [1.807, 2.05) is 36.4 Å². The van der Waals surface area contributed by atoms with Gasteiger partial charge < -0.3 is 9.57 Å². The van der Waals surface area contributed by atoms with Crippen LogP contribution in [0.1, 0.15) is 6.92 Å². The van der Waals surface area contributed by atoms with E-state index >= 15 is 0 Å². The summed E-state index contributed by atoms with van der Waals surface area (Å²) in [4.78, 5) is 26.2. The molecule has 4 aromatic rings. The van der Waals surface area contributed by atoms with Crippen molar-refractivity contribution >= 4 is 22.8 Å². The lowest BCUT2D eigenvalue weighted by Gasteiger charge is -2.22. The summed E-state index contributed by atoms with van der Waals surface area (Å²) in [6.45, 7) is 1.36. The minimum atomic E-state index is -0.356. The minimum absolute atomic E-state index is 0.0726. The largest absolute Gasteiger partial charge is 0.497 e. The van der Waals surface area contributed by atoms with Gasteiger partial charge in [0.25, 0.3) is 0 Å². The highest BCUT2D eigenvalue weighted by Crippen LogP contribution is 2.28. The Morgan fingerprint density at radius 3 is 2.57 bits per heavy atom. The van der Waals surface area contributed by atoms with E-state index in [2.05, 4.69) is 25.6 Å². The quantitative estimate of drug-likeness (QED) is 0.491. The first kappa shape index (κ1) is 19.1. The van der Waals surface area contributed by atoms with Gasteiger partial charge in [0, 0.05) is 36.2 Å². The lowest BCUT2D eigenvalue weighted by atomic mass is 10.2. The van der Waals surface area contributed by atoms with Gasteiger partial charge in [0.15, 0.2) is 5.75 Å². The van der Waals surface area contributed by atoms with Gasteiger partial charge in [-0.15, -0.1) is 10.2 Å². The Bertz CT molecular complexity index is 1170. The maximum absolute atomic E-state index is 11.7. The molecule has 1 N–H and O–H groups in total. The van der Waals surface area contributed by atoms with Crippen molar-refractivity contribution in [2.75, 3.05) is 12.3 Å². The van der Waals surface area contributed by atoms with E-state index in [4.69, 9.17) is 9.57 Å². The summed E-state index contributed by atoms with van der Waals surface area (Å²) in [5, 5.41) is 10.1. The van der Waals surface area contributed by atoms with Crippen molar-refractivity contribution in [1.29, 1.82) is 0 Å². The van der Waals surface area contributed by atoms with Crippen LogP contribution in [0.4, 0.5) is 5.95 Å². The summed E-state index contributed by atoms with van der Waals surface area (Å²) in [7, 11) is 1.59. The van der Waals surface area contributed by atoms with Gasteiger partial charge in [0.1, 0.15) is 11.4 Å². The van der Waals surface area contributed by atoms with Crippen molar-refractivity contribution in [2.45, 2.75) is 6.92 Å². The number of anilines is 1. The molecule has 0 saturated heterocycles. The van der Waals surface area contributed by atoms with Gasteiger partial charge in [0.05, 0.1) is 18.8 Å². The fourth-order valence-corrected chi connectivity index (χ4v) is 2.77. The average Bonchev–Trinajstić information content (AvgIpc) is 2.79. The first-order valence-electron chi connectivity index (χ1n) is 9.07. The highest BCUT2D eigenvalue weighted by molar-refractivity contribution is 5.86. The number of hydrogen-bond acceptors (Lipinski definition) is 8. The molecule has 4 rings (SSSR count). The van der Waals surface area contributed by atoms with E-state index in [0.29, 0.717) is 22.7 Å². The minimum Gasteiger partial charge on any atom is -0.497 e. The Kier molecular flexibility index (Phi) is 5.33. The molecule has 2 heterocycles. The Labute approximate surface area is 172 Å². The van der Waals surface area contributed by atoms with Crippen LogP contribution in [0.25, 0.3) is 22.2 Å². The highest BCUT2D eigenvalue weighted by Gasteiger charge is 2.17. The first-order chi connectivity index (χ1) is 14.6. The molecular formula is C21H18N6O3. The number of amides is 1. The van der Waals surface area contributed by atoms with E-state index in [9.17, 15) is 4.79 Å². The predicted molar refractivity (Wildman–Crippen MR) is 110 cm³/mol. The molecule has 150 valence electrons. The average molecular weight is 402 g/mol. The van der Waals surface area contributed by atoms with Crippen LogP contribution >= 0.6 is 0 Å². The van der Waals surface area contributed by atoms with Crippen LogP contribution in [0.2, 0.25) is 0 Å². The van der Waals surface area contributed by atoms with Crippen LogP contribution in [0, 0.1) is 0 Å². The van der Waals surface area contributed by atoms with E-state index in [0.717, 1.165) is 16.1 Å². The number of carbonyl (C=O) groups is 1. The van der Waals surface area contributed by atoms with E-state index in [-0.39, 0.29) is 11.9 Å². The molecule has 1 amide bonds. The molecule has 0 radical (unpaired) electrons. The van der Waals surface area contributed by atoms with Gasteiger partial charge in [-0.1, -0.05) is 35.5 Å². The summed E-state index contributed by atoms with van der Waals surface area (Å²) < 4.78 is 5.24. The molecule has 30 heavy (non-hydrogen) atoms. The highest BCUT2D eigenvalue weighted by atomic mass is 16.7. The van der Waals surface area contributed by atoms with Crippen LogP contribution in [-0.2, 0) is 4.79 Å². The smallest absolute Gasteiger partial charge is 0.301 e. The molecule has 0 saturated carbocycles. The molecular weight excluding hydrogens is 384 g/mol. The molecule has 0 aliphatic carbocycles. The third-order valence-corrected chi connectivity index (χ3v) is 4.16. The lowest BCUT2D eigenvalue weighted by molar-refractivity contribution is -0.120. The first-order valence-corrected chi connectivity index (χ1v) is 9.07. The maximum atomic E-state index is 11.7. The monoisotopic (exact) mass is 402 g/mol. The van der Waals surface area contributed by atoms with Gasteiger partial charge in [-0.2, -0.15) is 0 Å². The van der Waals surface area contributed by atoms with Crippen LogP contribution in [0.5, 0.6) is 11.5 Å². The second-order valence-electron chi connectivity index (χ2n) is 6.26. The second-order valence-corrected chi connectivity index (χ2v) is 6.26. The van der Waals surface area contributed by atoms with Gasteiger partial charge in [-0.3, -0.25) is 9.78 Å². The lowest BCUT2D eigenvalue weighted by Crippen LogP contribution is -2.45. The van der Waals surface area contributed by atoms with Crippen molar-refractivity contribution in [3.63, 3.8) is 0 Å². The number of aromatic nitrogens is 4.